The van der Waals surface area contributed by atoms with E-state index in [1.54, 1.807) is 12.0 Å². The summed E-state index contributed by atoms with van der Waals surface area (Å²) in [5, 5.41) is 3.73. The second-order valence-corrected chi connectivity index (χ2v) is 7.47. The molecule has 1 fully saturated rings. The molecule has 3 aromatic rings. The van der Waals surface area contributed by atoms with Gasteiger partial charge in [-0.25, -0.2) is 9.50 Å². The number of nitrogens with one attached hydrogen (secondary N) is 1. The van der Waals surface area contributed by atoms with Crippen LogP contribution in [0, 0.1) is 6.92 Å². The molecule has 1 N–H and O–H groups in total. The van der Waals surface area contributed by atoms with E-state index in [1.165, 1.54) is 10.6 Å². The van der Waals surface area contributed by atoms with Gasteiger partial charge in [0.2, 0.25) is 5.91 Å². The number of amides is 1. The van der Waals surface area contributed by atoms with E-state index in [9.17, 15) is 9.59 Å². The van der Waals surface area contributed by atoms with Crippen molar-refractivity contribution in [3.05, 3.63) is 57.1 Å². The molecule has 1 saturated heterocycles. The molecule has 1 amide bonds. The molecule has 2 aromatic heterocycles. The van der Waals surface area contributed by atoms with Crippen LogP contribution in [0.2, 0.25) is 5.02 Å². The van der Waals surface area contributed by atoms with Crippen molar-refractivity contribution in [1.29, 1.82) is 0 Å². The van der Waals surface area contributed by atoms with Crippen LogP contribution in [-0.2, 0) is 9.53 Å². The van der Waals surface area contributed by atoms with Gasteiger partial charge in [0, 0.05) is 54.9 Å². The van der Waals surface area contributed by atoms with Crippen LogP contribution >= 0.6 is 11.6 Å². The van der Waals surface area contributed by atoms with Gasteiger partial charge in [-0.3, -0.25) is 14.7 Å². The molecule has 1 atom stereocenters. The minimum absolute atomic E-state index is 0.0622. The number of aromatic nitrogens is 3. The van der Waals surface area contributed by atoms with E-state index in [-0.39, 0.29) is 17.4 Å². The first-order valence-electron chi connectivity index (χ1n) is 9.13. The van der Waals surface area contributed by atoms with Crippen molar-refractivity contribution in [3.8, 4) is 11.1 Å². The summed E-state index contributed by atoms with van der Waals surface area (Å²) in [6.07, 6.45) is 0.353. The summed E-state index contributed by atoms with van der Waals surface area (Å²) >= 11 is 6.01. The Morgan fingerprint density at radius 1 is 1.29 bits per heavy atom. The smallest absolute Gasteiger partial charge is 0.272 e. The lowest BCUT2D eigenvalue weighted by atomic mass is 10.0. The van der Waals surface area contributed by atoms with Gasteiger partial charge < -0.3 is 9.64 Å². The molecular weight excluding hydrogens is 380 g/mol. The largest absolute Gasteiger partial charge is 0.383 e. The molecular formula is C20H21ClN4O3. The van der Waals surface area contributed by atoms with E-state index in [1.807, 2.05) is 31.2 Å². The molecule has 7 nitrogen and oxygen atoms in total. The Kier molecular flexibility index (Phi) is 4.95. The second-order valence-electron chi connectivity index (χ2n) is 7.03. The number of hydrogen-bond acceptors (Lipinski definition) is 4. The Morgan fingerprint density at radius 3 is 2.75 bits per heavy atom. The average Bonchev–Trinajstić information content (AvgIpc) is 3.20. The molecule has 4 rings (SSSR count). The molecule has 1 aliphatic heterocycles. The summed E-state index contributed by atoms with van der Waals surface area (Å²) in [5.74, 6) is -0.0393. The van der Waals surface area contributed by atoms with Crippen molar-refractivity contribution in [1.82, 2.24) is 19.5 Å². The number of ether oxygens (including phenoxy) is 1. The number of methoxy groups -OCH3 is 1. The van der Waals surface area contributed by atoms with Gasteiger partial charge in [0.15, 0.2) is 5.65 Å². The molecule has 0 bridgehead atoms. The molecule has 1 aromatic carbocycles. The maximum absolute atomic E-state index is 12.7. The minimum Gasteiger partial charge on any atom is -0.383 e. The lowest BCUT2D eigenvalue weighted by Gasteiger charge is -2.15. The predicted molar refractivity (Wildman–Crippen MR) is 107 cm³/mol. The second kappa shape index (κ2) is 7.41. The molecule has 8 heteroatoms. The van der Waals surface area contributed by atoms with E-state index < -0.39 is 0 Å². The third kappa shape index (κ3) is 3.31. The fourth-order valence-electron chi connectivity index (χ4n) is 3.73. The third-order valence-electron chi connectivity index (χ3n) is 5.15. The van der Waals surface area contributed by atoms with Crippen LogP contribution in [0.25, 0.3) is 16.8 Å². The Hall–Kier alpha value is -2.64. The van der Waals surface area contributed by atoms with E-state index in [2.05, 4.69) is 5.10 Å². The predicted octanol–water partition coefficient (Wildman–Crippen LogP) is 2.61. The van der Waals surface area contributed by atoms with Crippen LogP contribution in [0.1, 0.15) is 23.7 Å². The van der Waals surface area contributed by atoms with Gasteiger partial charge in [-0.2, -0.15) is 0 Å². The number of fused-ring (bicyclic) bond motifs is 1. The van der Waals surface area contributed by atoms with Crippen molar-refractivity contribution >= 4 is 23.2 Å². The van der Waals surface area contributed by atoms with Crippen LogP contribution in [0.3, 0.4) is 0 Å². The Labute approximate surface area is 166 Å². The first kappa shape index (κ1) is 18.7. The maximum atomic E-state index is 12.7. The maximum Gasteiger partial charge on any atom is 0.272 e. The van der Waals surface area contributed by atoms with Crippen molar-refractivity contribution in [2.75, 3.05) is 26.8 Å². The van der Waals surface area contributed by atoms with Gasteiger partial charge in [-0.15, -0.1) is 0 Å². The highest BCUT2D eigenvalue weighted by Gasteiger charge is 2.32. The minimum atomic E-state index is -0.189. The summed E-state index contributed by atoms with van der Waals surface area (Å²) in [4.78, 5) is 31.5. The molecule has 1 aliphatic rings. The number of benzene rings is 1. The molecule has 0 radical (unpaired) electrons. The number of H-pyrrole nitrogens is 1. The van der Waals surface area contributed by atoms with Crippen molar-refractivity contribution in [2.24, 2.45) is 0 Å². The average molecular weight is 401 g/mol. The Bertz CT molecular complexity index is 1090. The number of rotatable bonds is 5. The van der Waals surface area contributed by atoms with Gasteiger partial charge >= 0.3 is 0 Å². The molecule has 146 valence electrons. The lowest BCUT2D eigenvalue weighted by Crippen LogP contribution is -2.28. The first-order valence-corrected chi connectivity index (χ1v) is 9.50. The summed E-state index contributed by atoms with van der Waals surface area (Å²) in [6, 6.07) is 8.95. The van der Waals surface area contributed by atoms with Crippen molar-refractivity contribution < 1.29 is 9.53 Å². The number of carbonyl (C=O) groups is 1. The summed E-state index contributed by atoms with van der Waals surface area (Å²) in [6.45, 7) is 3.49. The molecule has 0 aliphatic carbocycles. The highest BCUT2D eigenvalue weighted by Crippen LogP contribution is 2.30. The normalized spacial score (nSPS) is 17.0. The zero-order valence-electron chi connectivity index (χ0n) is 15.7. The van der Waals surface area contributed by atoms with Gasteiger partial charge in [0.1, 0.15) is 0 Å². The van der Waals surface area contributed by atoms with E-state index >= 15 is 0 Å². The van der Waals surface area contributed by atoms with Crippen LogP contribution in [0.15, 0.2) is 35.1 Å². The van der Waals surface area contributed by atoms with Crippen molar-refractivity contribution in [3.63, 3.8) is 0 Å². The fourth-order valence-corrected chi connectivity index (χ4v) is 3.85. The Balaban J connectivity index is 1.76. The highest BCUT2D eigenvalue weighted by molar-refractivity contribution is 6.30. The zero-order chi connectivity index (χ0) is 19.8. The fraction of sp³-hybridized carbons (Fsp3) is 0.350. The van der Waals surface area contributed by atoms with Crippen molar-refractivity contribution in [2.45, 2.75) is 19.3 Å². The van der Waals surface area contributed by atoms with Crippen LogP contribution in [0.5, 0.6) is 0 Å². The number of likely N-dealkylation sites (tertiary alicyclic amines) is 1. The standard InChI is InChI=1S/C20H21ClN4O3/c1-12-19(13-3-5-15(21)6-4-13)20-22-16(10-18(27)25(20)23-12)14-9-17(26)24(11-14)7-8-28-2/h3-6,10,14,23H,7-9,11H2,1-2H3. The number of hydrogen-bond donors (Lipinski definition) is 1. The molecule has 0 spiro atoms. The van der Waals surface area contributed by atoms with E-state index in [4.69, 9.17) is 21.3 Å². The molecule has 28 heavy (non-hydrogen) atoms. The number of halogens is 1. The van der Waals surface area contributed by atoms with E-state index in [0.717, 1.165) is 16.8 Å². The van der Waals surface area contributed by atoms with Crippen LogP contribution < -0.4 is 5.56 Å². The first-order chi connectivity index (χ1) is 13.5. The SMILES string of the molecule is COCCN1CC(c2cc(=O)n3[nH]c(C)c(-c4ccc(Cl)cc4)c3n2)CC1=O. The van der Waals surface area contributed by atoms with E-state index in [0.29, 0.717) is 42.5 Å². The zero-order valence-corrected chi connectivity index (χ0v) is 16.5. The molecule has 3 heterocycles. The summed E-state index contributed by atoms with van der Waals surface area (Å²) in [7, 11) is 1.61. The van der Waals surface area contributed by atoms with Crippen LogP contribution in [-0.4, -0.2) is 52.2 Å². The van der Waals surface area contributed by atoms with Gasteiger partial charge in [0.25, 0.3) is 5.56 Å². The van der Waals surface area contributed by atoms with Gasteiger partial charge in [-0.05, 0) is 24.6 Å². The lowest BCUT2D eigenvalue weighted by molar-refractivity contribution is -0.128. The molecule has 1 unspecified atom stereocenters. The summed E-state index contributed by atoms with van der Waals surface area (Å²) in [5.41, 5.74) is 3.64. The third-order valence-corrected chi connectivity index (χ3v) is 5.40. The van der Waals surface area contributed by atoms with Crippen LogP contribution in [0.4, 0.5) is 0 Å². The Morgan fingerprint density at radius 2 is 2.04 bits per heavy atom. The monoisotopic (exact) mass is 400 g/mol. The number of carbonyl (C=O) groups excluding carboxylic acids is 1. The quantitative estimate of drug-likeness (QED) is 0.714. The number of nitrogens with zero attached hydrogens (tertiary/aromatic N) is 3. The van der Waals surface area contributed by atoms with Gasteiger partial charge in [-0.1, -0.05) is 23.7 Å². The highest BCUT2D eigenvalue weighted by atomic mass is 35.5. The summed E-state index contributed by atoms with van der Waals surface area (Å²) < 4.78 is 6.52. The molecule has 0 saturated carbocycles. The van der Waals surface area contributed by atoms with Gasteiger partial charge in [0.05, 0.1) is 12.3 Å². The number of aromatic amines is 1. The number of aryl methyl sites for hydroxylation is 1. The topological polar surface area (TPSA) is 79.7 Å².